The van der Waals surface area contributed by atoms with Gasteiger partial charge in [0, 0.05) is 18.9 Å². The molecule has 0 aliphatic carbocycles. The molecule has 140 valence electrons. The van der Waals surface area contributed by atoms with Crippen LogP contribution in [0.2, 0.25) is 5.02 Å². The summed E-state index contributed by atoms with van der Waals surface area (Å²) in [6.45, 7) is 0. The van der Waals surface area contributed by atoms with Gasteiger partial charge in [0.1, 0.15) is 5.82 Å². The normalized spacial score (nSPS) is 10.4. The summed E-state index contributed by atoms with van der Waals surface area (Å²) in [6, 6.07) is 12.3. The Labute approximate surface area is 160 Å². The molecule has 2 aromatic carbocycles. The zero-order chi connectivity index (χ0) is 19.6. The van der Waals surface area contributed by atoms with E-state index in [1.54, 1.807) is 24.3 Å². The van der Waals surface area contributed by atoms with Crippen LogP contribution >= 0.6 is 11.6 Å². The Morgan fingerprint density at radius 2 is 1.59 bits per heavy atom. The van der Waals surface area contributed by atoms with Crippen molar-refractivity contribution in [2.45, 2.75) is 12.8 Å². The van der Waals surface area contributed by atoms with Gasteiger partial charge < -0.3 is 5.32 Å². The SMILES string of the molecule is O=C(C=Cc1ccc(F)cc1)NNC(=O)CCC(=O)Nc1ccccc1Cl. The Bertz CT molecular complexity index is 854. The molecule has 0 bridgehead atoms. The summed E-state index contributed by atoms with van der Waals surface area (Å²) in [7, 11) is 0. The standard InChI is InChI=1S/C19H17ClFN3O3/c20-15-3-1-2-4-16(15)22-17(25)11-12-19(27)24-23-18(26)10-7-13-5-8-14(21)9-6-13/h1-10H,11-12H2,(H,22,25)(H,23,26)(H,24,27). The maximum atomic E-state index is 12.8. The molecule has 0 aliphatic heterocycles. The molecule has 3 amide bonds. The highest BCUT2D eigenvalue weighted by Gasteiger charge is 2.09. The van der Waals surface area contributed by atoms with Crippen LogP contribution in [0.25, 0.3) is 6.08 Å². The van der Waals surface area contributed by atoms with Gasteiger partial charge in [-0.15, -0.1) is 0 Å². The summed E-state index contributed by atoms with van der Waals surface area (Å²) in [6.07, 6.45) is 2.48. The number of carbonyl (C=O) groups excluding carboxylic acids is 3. The minimum Gasteiger partial charge on any atom is -0.325 e. The summed E-state index contributed by atoms with van der Waals surface area (Å²) < 4.78 is 12.8. The molecule has 0 atom stereocenters. The van der Waals surface area contributed by atoms with Gasteiger partial charge in [-0.25, -0.2) is 4.39 Å². The lowest BCUT2D eigenvalue weighted by Crippen LogP contribution is -2.41. The van der Waals surface area contributed by atoms with Crippen molar-refractivity contribution in [2.24, 2.45) is 0 Å². The lowest BCUT2D eigenvalue weighted by atomic mass is 10.2. The quantitative estimate of drug-likeness (QED) is 0.524. The molecule has 0 aromatic heterocycles. The minimum atomic E-state index is -0.562. The van der Waals surface area contributed by atoms with Gasteiger partial charge in [-0.3, -0.25) is 25.2 Å². The summed E-state index contributed by atoms with van der Waals surface area (Å²) in [5.74, 6) is -1.83. The second kappa shape index (κ2) is 10.1. The molecular formula is C19H17ClFN3O3. The Hall–Kier alpha value is -3.19. The zero-order valence-corrected chi connectivity index (χ0v) is 14.9. The molecule has 0 saturated carbocycles. The number of hydrazine groups is 1. The number of benzene rings is 2. The minimum absolute atomic E-state index is 0.0711. The second-order valence-corrected chi connectivity index (χ2v) is 5.86. The molecule has 0 radical (unpaired) electrons. The number of amides is 3. The van der Waals surface area contributed by atoms with Crippen molar-refractivity contribution in [3.05, 3.63) is 71.0 Å². The van der Waals surface area contributed by atoms with E-state index in [-0.39, 0.29) is 24.6 Å². The number of carbonyl (C=O) groups is 3. The van der Waals surface area contributed by atoms with Crippen molar-refractivity contribution < 1.29 is 18.8 Å². The van der Waals surface area contributed by atoms with Crippen molar-refractivity contribution in [3.8, 4) is 0 Å². The van der Waals surface area contributed by atoms with Gasteiger partial charge in [-0.05, 0) is 35.9 Å². The van der Waals surface area contributed by atoms with Crippen LogP contribution in [0.3, 0.4) is 0 Å². The molecule has 6 nitrogen and oxygen atoms in total. The van der Waals surface area contributed by atoms with Crippen LogP contribution in [0.15, 0.2) is 54.6 Å². The number of para-hydroxylation sites is 1. The smallest absolute Gasteiger partial charge is 0.262 e. The van der Waals surface area contributed by atoms with Crippen LogP contribution in [0.4, 0.5) is 10.1 Å². The van der Waals surface area contributed by atoms with E-state index in [4.69, 9.17) is 11.6 Å². The first-order valence-corrected chi connectivity index (χ1v) is 8.38. The van der Waals surface area contributed by atoms with Crippen LogP contribution in [-0.2, 0) is 14.4 Å². The number of rotatable bonds is 6. The largest absolute Gasteiger partial charge is 0.325 e. The van der Waals surface area contributed by atoms with Crippen molar-refractivity contribution in [2.75, 3.05) is 5.32 Å². The molecule has 0 unspecified atom stereocenters. The van der Waals surface area contributed by atoms with Crippen molar-refractivity contribution in [3.63, 3.8) is 0 Å². The van der Waals surface area contributed by atoms with Crippen LogP contribution in [0.5, 0.6) is 0 Å². The molecule has 27 heavy (non-hydrogen) atoms. The number of anilines is 1. The highest BCUT2D eigenvalue weighted by molar-refractivity contribution is 6.33. The van der Waals surface area contributed by atoms with E-state index in [1.807, 2.05) is 0 Å². The van der Waals surface area contributed by atoms with Crippen LogP contribution in [0.1, 0.15) is 18.4 Å². The maximum Gasteiger partial charge on any atom is 0.262 e. The van der Waals surface area contributed by atoms with Crippen molar-refractivity contribution >= 4 is 41.1 Å². The molecule has 0 spiro atoms. The lowest BCUT2D eigenvalue weighted by Gasteiger charge is -2.07. The van der Waals surface area contributed by atoms with Crippen molar-refractivity contribution in [1.82, 2.24) is 10.9 Å². The van der Waals surface area contributed by atoms with Crippen LogP contribution in [0, 0.1) is 5.82 Å². The van der Waals surface area contributed by atoms with Crippen molar-refractivity contribution in [1.29, 1.82) is 0 Å². The number of hydrogen-bond donors (Lipinski definition) is 3. The van der Waals surface area contributed by atoms with Gasteiger partial charge in [-0.1, -0.05) is 35.9 Å². The Kier molecular flexibility index (Phi) is 7.51. The molecule has 0 aliphatic rings. The van der Waals surface area contributed by atoms with E-state index < -0.39 is 11.8 Å². The Balaban J connectivity index is 1.69. The average Bonchev–Trinajstić information content (AvgIpc) is 2.66. The lowest BCUT2D eigenvalue weighted by molar-refractivity contribution is -0.128. The van der Waals surface area contributed by atoms with E-state index in [9.17, 15) is 18.8 Å². The van der Waals surface area contributed by atoms with E-state index in [1.165, 1.54) is 36.4 Å². The van der Waals surface area contributed by atoms with Gasteiger partial charge in [0.2, 0.25) is 11.8 Å². The average molecular weight is 390 g/mol. The zero-order valence-electron chi connectivity index (χ0n) is 14.2. The third-order valence-electron chi connectivity index (χ3n) is 3.35. The summed E-state index contributed by atoms with van der Waals surface area (Å²) in [5, 5.41) is 3.00. The third kappa shape index (κ3) is 7.29. The first kappa shape index (κ1) is 20.1. The molecule has 2 rings (SSSR count). The molecule has 0 heterocycles. The third-order valence-corrected chi connectivity index (χ3v) is 3.68. The predicted molar refractivity (Wildman–Crippen MR) is 101 cm³/mol. The number of nitrogens with one attached hydrogen (secondary N) is 3. The predicted octanol–water partition coefficient (Wildman–Crippen LogP) is 3.06. The van der Waals surface area contributed by atoms with Gasteiger partial charge in [0.05, 0.1) is 10.7 Å². The van der Waals surface area contributed by atoms with Gasteiger partial charge in [0.15, 0.2) is 0 Å². The topological polar surface area (TPSA) is 87.3 Å². The monoisotopic (exact) mass is 389 g/mol. The Morgan fingerprint density at radius 3 is 2.30 bits per heavy atom. The fourth-order valence-electron chi connectivity index (χ4n) is 1.98. The van der Waals surface area contributed by atoms with Crippen LogP contribution in [-0.4, -0.2) is 17.7 Å². The fourth-order valence-corrected chi connectivity index (χ4v) is 2.17. The van der Waals surface area contributed by atoms with Gasteiger partial charge >= 0.3 is 0 Å². The molecular weight excluding hydrogens is 373 g/mol. The van der Waals surface area contributed by atoms with Crippen LogP contribution < -0.4 is 16.2 Å². The fraction of sp³-hybridized carbons (Fsp3) is 0.105. The van der Waals surface area contributed by atoms with E-state index >= 15 is 0 Å². The molecule has 0 fully saturated rings. The summed E-state index contributed by atoms with van der Waals surface area (Å²) >= 11 is 5.93. The second-order valence-electron chi connectivity index (χ2n) is 5.45. The summed E-state index contributed by atoms with van der Waals surface area (Å²) in [5.41, 5.74) is 5.49. The van der Waals surface area contributed by atoms with E-state index in [0.29, 0.717) is 16.3 Å². The molecule has 2 aromatic rings. The highest BCUT2D eigenvalue weighted by Crippen LogP contribution is 2.20. The van der Waals surface area contributed by atoms with Gasteiger partial charge in [-0.2, -0.15) is 0 Å². The first-order valence-electron chi connectivity index (χ1n) is 8.01. The van der Waals surface area contributed by atoms with Gasteiger partial charge in [0.25, 0.3) is 5.91 Å². The molecule has 8 heteroatoms. The molecule has 3 N–H and O–H groups in total. The number of halogens is 2. The Morgan fingerprint density at radius 1 is 0.926 bits per heavy atom. The maximum absolute atomic E-state index is 12.8. The van der Waals surface area contributed by atoms with E-state index in [2.05, 4.69) is 16.2 Å². The summed E-state index contributed by atoms with van der Waals surface area (Å²) in [4.78, 5) is 35.1. The number of hydrogen-bond acceptors (Lipinski definition) is 3. The molecule has 0 saturated heterocycles. The first-order chi connectivity index (χ1) is 12.9. The van der Waals surface area contributed by atoms with E-state index in [0.717, 1.165) is 0 Å². The highest BCUT2D eigenvalue weighted by atomic mass is 35.5.